The number of para-hydroxylation sites is 1. The zero-order valence-electron chi connectivity index (χ0n) is 19.6. The quantitative estimate of drug-likeness (QED) is 0.425. The van der Waals surface area contributed by atoms with Crippen LogP contribution in [0.25, 0.3) is 33.3 Å². The number of aromatic carboxylic acids is 1. The number of rotatable bonds is 4. The van der Waals surface area contributed by atoms with Gasteiger partial charge in [0.05, 0.1) is 22.9 Å². The first-order valence-electron chi connectivity index (χ1n) is 11.3. The number of pyridine rings is 1. The average molecular weight is 459 g/mol. The summed E-state index contributed by atoms with van der Waals surface area (Å²) in [5.41, 5.74) is 3.12. The minimum Gasteiger partial charge on any atom is -0.489 e. The number of nitrogens with zero attached hydrogens (tertiary/aromatic N) is 1. The fraction of sp³-hybridized carbons (Fsp3) is 0.296. The van der Waals surface area contributed by atoms with Crippen molar-refractivity contribution < 1.29 is 23.8 Å². The van der Waals surface area contributed by atoms with Gasteiger partial charge < -0.3 is 19.6 Å². The third-order valence-corrected chi connectivity index (χ3v) is 6.35. The van der Waals surface area contributed by atoms with E-state index in [4.69, 9.17) is 14.1 Å². The molecule has 7 nitrogen and oxygen atoms in total. The van der Waals surface area contributed by atoms with Crippen molar-refractivity contribution in [3.8, 4) is 17.2 Å². The molecule has 1 amide bonds. The van der Waals surface area contributed by atoms with Crippen molar-refractivity contribution in [1.82, 2.24) is 10.3 Å². The lowest BCUT2D eigenvalue weighted by atomic mass is 9.90. The average Bonchev–Trinajstić information content (AvgIpc) is 3.10. The molecule has 0 saturated carbocycles. The van der Waals surface area contributed by atoms with Crippen LogP contribution in [-0.2, 0) is 4.79 Å². The van der Waals surface area contributed by atoms with Crippen LogP contribution in [0.3, 0.4) is 0 Å². The largest absolute Gasteiger partial charge is 0.489 e. The van der Waals surface area contributed by atoms with Crippen LogP contribution in [0, 0.1) is 13.8 Å². The summed E-state index contributed by atoms with van der Waals surface area (Å²) >= 11 is 0. The molecule has 2 aromatic heterocycles. The molecule has 1 saturated heterocycles. The Morgan fingerprint density at radius 1 is 1.21 bits per heavy atom. The Bertz CT molecular complexity index is 1470. The van der Waals surface area contributed by atoms with Crippen LogP contribution in [0.1, 0.15) is 48.2 Å². The molecule has 34 heavy (non-hydrogen) atoms. The van der Waals surface area contributed by atoms with Crippen molar-refractivity contribution in [2.24, 2.45) is 0 Å². The number of piperidine rings is 1. The van der Waals surface area contributed by atoms with Gasteiger partial charge in [-0.1, -0.05) is 24.3 Å². The van der Waals surface area contributed by atoms with Gasteiger partial charge in [-0.3, -0.25) is 4.79 Å². The summed E-state index contributed by atoms with van der Waals surface area (Å²) in [4.78, 5) is 29.4. The van der Waals surface area contributed by atoms with Gasteiger partial charge in [0.1, 0.15) is 23.1 Å². The van der Waals surface area contributed by atoms with Crippen LogP contribution in [0.2, 0.25) is 0 Å². The molecule has 2 N–H and O–H groups in total. The van der Waals surface area contributed by atoms with E-state index in [0.29, 0.717) is 34.5 Å². The van der Waals surface area contributed by atoms with Crippen LogP contribution in [-0.4, -0.2) is 33.6 Å². The smallest absolute Gasteiger partial charge is 0.336 e. The van der Waals surface area contributed by atoms with Gasteiger partial charge in [-0.2, -0.15) is 0 Å². The van der Waals surface area contributed by atoms with Gasteiger partial charge in [0.15, 0.2) is 5.76 Å². The maximum atomic E-state index is 12.4. The normalized spacial score (nSPS) is 17.6. The summed E-state index contributed by atoms with van der Waals surface area (Å²) in [5, 5.41) is 14.5. The molecule has 3 heterocycles. The number of hydrogen-bond donors (Lipinski definition) is 2. The second-order valence-corrected chi connectivity index (χ2v) is 9.60. The fourth-order valence-electron chi connectivity index (χ4n) is 4.84. The first-order valence-corrected chi connectivity index (χ1v) is 11.3. The Kier molecular flexibility index (Phi) is 5.08. The van der Waals surface area contributed by atoms with Crippen LogP contribution in [0.5, 0.6) is 5.75 Å². The van der Waals surface area contributed by atoms with E-state index in [1.165, 1.54) is 0 Å². The summed E-state index contributed by atoms with van der Waals surface area (Å²) in [6, 6.07) is 12.8. The number of ether oxygens (including phenoxy) is 1. The summed E-state index contributed by atoms with van der Waals surface area (Å²) in [7, 11) is 0. The van der Waals surface area contributed by atoms with Crippen LogP contribution < -0.4 is 10.1 Å². The molecule has 1 aliphatic rings. The number of nitrogens with one attached hydrogen (secondary N) is 1. The van der Waals surface area contributed by atoms with Gasteiger partial charge in [0.2, 0.25) is 5.91 Å². The molecule has 4 aromatic rings. The molecule has 1 aliphatic heterocycles. The number of amides is 1. The molecule has 0 bridgehead atoms. The lowest BCUT2D eigenvalue weighted by Crippen LogP contribution is -2.52. The molecule has 0 radical (unpaired) electrons. The number of benzene rings is 2. The van der Waals surface area contributed by atoms with Gasteiger partial charge in [0.25, 0.3) is 0 Å². The molecule has 7 heteroatoms. The predicted molar refractivity (Wildman–Crippen MR) is 129 cm³/mol. The van der Waals surface area contributed by atoms with Crippen molar-refractivity contribution in [2.45, 2.75) is 52.2 Å². The van der Waals surface area contributed by atoms with E-state index in [1.54, 1.807) is 12.1 Å². The minimum absolute atomic E-state index is 0.0816. The summed E-state index contributed by atoms with van der Waals surface area (Å²) < 4.78 is 12.3. The Morgan fingerprint density at radius 2 is 1.97 bits per heavy atom. The van der Waals surface area contributed by atoms with E-state index >= 15 is 0 Å². The molecular formula is C27H26N2O5. The number of aromatic nitrogens is 1. The molecule has 1 atom stereocenters. The van der Waals surface area contributed by atoms with Gasteiger partial charge >= 0.3 is 5.97 Å². The molecule has 0 aliphatic carbocycles. The Labute approximate surface area is 196 Å². The Morgan fingerprint density at radius 3 is 2.68 bits per heavy atom. The van der Waals surface area contributed by atoms with Gasteiger partial charge in [-0.15, -0.1) is 0 Å². The molecule has 174 valence electrons. The van der Waals surface area contributed by atoms with Gasteiger partial charge in [-0.05, 0) is 51.5 Å². The highest BCUT2D eigenvalue weighted by Gasteiger charge is 2.34. The van der Waals surface area contributed by atoms with Crippen molar-refractivity contribution in [3.63, 3.8) is 0 Å². The number of carboxylic acid groups (broad SMARTS) is 1. The number of fused-ring (bicyclic) bond motifs is 2. The first kappa shape index (κ1) is 21.9. The molecule has 0 spiro atoms. The zero-order valence-corrected chi connectivity index (χ0v) is 19.6. The van der Waals surface area contributed by atoms with Crippen LogP contribution in [0.15, 0.2) is 46.9 Å². The lowest BCUT2D eigenvalue weighted by molar-refractivity contribution is -0.127. The highest BCUT2D eigenvalue weighted by molar-refractivity contribution is 6.07. The molecule has 2 aromatic carbocycles. The number of carbonyl (C=O) groups is 2. The SMILES string of the molecule is Cc1c(-c2cc(C(=O)O)c3c(OC4CC(=O)NC(C)(C)C4)ccc(C)c3n2)oc2ccccc12. The zero-order chi connectivity index (χ0) is 24.2. The number of carbonyl (C=O) groups excluding carboxylic acids is 1. The number of furan rings is 1. The highest BCUT2D eigenvalue weighted by Crippen LogP contribution is 2.38. The van der Waals surface area contributed by atoms with E-state index in [2.05, 4.69) is 5.32 Å². The van der Waals surface area contributed by atoms with E-state index in [9.17, 15) is 14.7 Å². The van der Waals surface area contributed by atoms with E-state index in [0.717, 1.165) is 22.1 Å². The summed E-state index contributed by atoms with van der Waals surface area (Å²) in [5.74, 6) is -0.215. The van der Waals surface area contributed by atoms with E-state index in [-0.39, 0.29) is 24.0 Å². The van der Waals surface area contributed by atoms with E-state index < -0.39 is 11.5 Å². The van der Waals surface area contributed by atoms with Crippen molar-refractivity contribution in [3.05, 3.63) is 59.2 Å². The highest BCUT2D eigenvalue weighted by atomic mass is 16.5. The monoisotopic (exact) mass is 458 g/mol. The van der Waals surface area contributed by atoms with Crippen molar-refractivity contribution in [1.29, 1.82) is 0 Å². The second kappa shape index (κ2) is 7.87. The van der Waals surface area contributed by atoms with Gasteiger partial charge in [-0.25, -0.2) is 9.78 Å². The lowest BCUT2D eigenvalue weighted by Gasteiger charge is -2.36. The second-order valence-electron chi connectivity index (χ2n) is 9.60. The predicted octanol–water partition coefficient (Wildman–Crippen LogP) is 5.40. The third-order valence-electron chi connectivity index (χ3n) is 6.35. The third kappa shape index (κ3) is 3.77. The Hall–Kier alpha value is -3.87. The van der Waals surface area contributed by atoms with E-state index in [1.807, 2.05) is 58.0 Å². The molecular weight excluding hydrogens is 432 g/mol. The minimum atomic E-state index is -1.08. The van der Waals surface area contributed by atoms with Crippen molar-refractivity contribution in [2.75, 3.05) is 0 Å². The first-order chi connectivity index (χ1) is 16.1. The van der Waals surface area contributed by atoms with Crippen LogP contribution >= 0.6 is 0 Å². The maximum Gasteiger partial charge on any atom is 0.336 e. The van der Waals surface area contributed by atoms with Crippen molar-refractivity contribution >= 4 is 33.7 Å². The number of carboxylic acids is 1. The number of aryl methyl sites for hydroxylation is 2. The topological polar surface area (TPSA) is 102 Å². The summed E-state index contributed by atoms with van der Waals surface area (Å²) in [6.45, 7) is 7.71. The summed E-state index contributed by atoms with van der Waals surface area (Å²) in [6.07, 6.45) is 0.457. The standard InChI is InChI=1S/C27H26N2O5/c1-14-9-10-21(33-16-11-22(30)29-27(3,4)13-16)23-18(26(31)32)12-19(28-24(14)23)25-15(2)17-7-5-6-8-20(17)34-25/h5-10,12,16H,11,13H2,1-4H3,(H,29,30)(H,31,32). The fourth-order valence-corrected chi connectivity index (χ4v) is 4.84. The van der Waals surface area contributed by atoms with Gasteiger partial charge in [0, 0.05) is 22.9 Å². The molecule has 1 unspecified atom stereocenters. The Balaban J connectivity index is 1.67. The maximum absolute atomic E-state index is 12.4. The van der Waals surface area contributed by atoms with Crippen LogP contribution in [0.4, 0.5) is 0 Å². The molecule has 1 fully saturated rings. The molecule has 5 rings (SSSR count). The number of hydrogen-bond acceptors (Lipinski definition) is 5.